The summed E-state index contributed by atoms with van der Waals surface area (Å²) in [6.07, 6.45) is 0. The quantitative estimate of drug-likeness (QED) is 0.815. The van der Waals surface area contributed by atoms with E-state index in [2.05, 4.69) is 15.9 Å². The molecule has 0 aliphatic heterocycles. The van der Waals surface area contributed by atoms with E-state index in [1.807, 2.05) is 0 Å². The summed E-state index contributed by atoms with van der Waals surface area (Å²) >= 11 is 3.11. The number of ether oxygens (including phenoxy) is 1. The lowest BCUT2D eigenvalue weighted by molar-refractivity contribution is 0.101. The Kier molecular flexibility index (Phi) is 3.28. The summed E-state index contributed by atoms with van der Waals surface area (Å²) in [6, 6.07) is 7.07. The van der Waals surface area contributed by atoms with E-state index in [9.17, 15) is 9.18 Å². The molecule has 2 rings (SSSR count). The van der Waals surface area contributed by atoms with Crippen molar-refractivity contribution in [3.63, 3.8) is 0 Å². The molecule has 2 aromatic rings. The third-order valence-electron chi connectivity index (χ3n) is 2.21. The van der Waals surface area contributed by atoms with Gasteiger partial charge < -0.3 is 9.15 Å². The van der Waals surface area contributed by atoms with Crippen molar-refractivity contribution in [2.75, 3.05) is 7.11 Å². The zero-order valence-electron chi connectivity index (χ0n) is 8.87. The molecule has 88 valence electrons. The Bertz CT molecular complexity index is 563. The SMILES string of the molecule is COc1cc(C(=O)c2ccc(Br)o2)ccc1F. The van der Waals surface area contributed by atoms with Crippen LogP contribution in [-0.2, 0) is 0 Å². The fourth-order valence-corrected chi connectivity index (χ4v) is 1.69. The molecular weight excluding hydrogens is 291 g/mol. The average Bonchev–Trinajstić information content (AvgIpc) is 2.75. The highest BCUT2D eigenvalue weighted by atomic mass is 79.9. The highest BCUT2D eigenvalue weighted by Crippen LogP contribution is 2.22. The second-order valence-electron chi connectivity index (χ2n) is 3.28. The normalized spacial score (nSPS) is 10.3. The molecule has 17 heavy (non-hydrogen) atoms. The van der Waals surface area contributed by atoms with Crippen LogP contribution in [0.5, 0.6) is 5.75 Å². The van der Waals surface area contributed by atoms with Gasteiger partial charge in [-0.25, -0.2) is 4.39 Å². The molecule has 1 aromatic carbocycles. The number of furan rings is 1. The van der Waals surface area contributed by atoms with Crippen LogP contribution in [0.4, 0.5) is 4.39 Å². The topological polar surface area (TPSA) is 39.4 Å². The van der Waals surface area contributed by atoms with Crippen molar-refractivity contribution >= 4 is 21.7 Å². The predicted octanol–water partition coefficient (Wildman–Crippen LogP) is 3.42. The van der Waals surface area contributed by atoms with Crippen LogP contribution in [0.2, 0.25) is 0 Å². The summed E-state index contributed by atoms with van der Waals surface area (Å²) in [5, 5.41) is 0. The smallest absolute Gasteiger partial charge is 0.228 e. The van der Waals surface area contributed by atoms with Crippen molar-refractivity contribution in [1.29, 1.82) is 0 Å². The van der Waals surface area contributed by atoms with E-state index in [1.54, 1.807) is 12.1 Å². The zero-order valence-corrected chi connectivity index (χ0v) is 10.5. The van der Waals surface area contributed by atoms with E-state index in [-0.39, 0.29) is 17.3 Å². The van der Waals surface area contributed by atoms with Crippen LogP contribution in [0.15, 0.2) is 39.4 Å². The van der Waals surface area contributed by atoms with Gasteiger partial charge in [0.1, 0.15) is 0 Å². The van der Waals surface area contributed by atoms with Gasteiger partial charge in [-0.2, -0.15) is 0 Å². The number of hydrogen-bond donors (Lipinski definition) is 0. The molecule has 1 heterocycles. The molecule has 0 radical (unpaired) electrons. The summed E-state index contributed by atoms with van der Waals surface area (Å²) in [5.41, 5.74) is 0.310. The number of rotatable bonds is 3. The second-order valence-corrected chi connectivity index (χ2v) is 4.06. The Morgan fingerprint density at radius 2 is 2.12 bits per heavy atom. The number of hydrogen-bond acceptors (Lipinski definition) is 3. The summed E-state index contributed by atoms with van der Waals surface area (Å²) in [4.78, 5) is 11.9. The average molecular weight is 299 g/mol. The van der Waals surface area contributed by atoms with Crippen LogP contribution in [0.3, 0.4) is 0 Å². The van der Waals surface area contributed by atoms with E-state index in [4.69, 9.17) is 9.15 Å². The van der Waals surface area contributed by atoms with Gasteiger partial charge >= 0.3 is 0 Å². The fraction of sp³-hybridized carbons (Fsp3) is 0.0833. The lowest BCUT2D eigenvalue weighted by Crippen LogP contribution is -2.01. The molecule has 0 fully saturated rings. The van der Waals surface area contributed by atoms with Gasteiger partial charge in [0, 0.05) is 5.56 Å². The number of methoxy groups -OCH3 is 1. The number of carbonyl (C=O) groups excluding carboxylic acids is 1. The highest BCUT2D eigenvalue weighted by Gasteiger charge is 2.15. The van der Waals surface area contributed by atoms with Gasteiger partial charge in [0.2, 0.25) is 5.78 Å². The lowest BCUT2D eigenvalue weighted by Gasteiger charge is -2.03. The Hall–Kier alpha value is -1.62. The van der Waals surface area contributed by atoms with Gasteiger partial charge in [-0.05, 0) is 46.3 Å². The molecule has 0 unspecified atom stereocenters. The lowest BCUT2D eigenvalue weighted by atomic mass is 10.1. The Balaban J connectivity index is 2.37. The van der Waals surface area contributed by atoms with Gasteiger partial charge in [0.25, 0.3) is 0 Å². The first-order valence-corrected chi connectivity index (χ1v) is 5.54. The first-order valence-electron chi connectivity index (χ1n) is 4.75. The maximum Gasteiger partial charge on any atom is 0.228 e. The van der Waals surface area contributed by atoms with Crippen molar-refractivity contribution < 1.29 is 18.3 Å². The largest absolute Gasteiger partial charge is 0.494 e. The molecule has 0 saturated carbocycles. The minimum Gasteiger partial charge on any atom is -0.494 e. The zero-order chi connectivity index (χ0) is 12.4. The first kappa shape index (κ1) is 11.9. The van der Waals surface area contributed by atoms with Crippen LogP contribution in [-0.4, -0.2) is 12.9 Å². The molecule has 1 aromatic heterocycles. The first-order chi connectivity index (χ1) is 8.11. The summed E-state index contributed by atoms with van der Waals surface area (Å²) in [7, 11) is 1.34. The number of ketones is 1. The molecular formula is C12H8BrFO3. The number of halogens is 2. The standard InChI is InChI=1S/C12H8BrFO3/c1-16-10-6-7(2-3-8(10)14)12(15)9-4-5-11(13)17-9/h2-6H,1H3. The van der Waals surface area contributed by atoms with Gasteiger partial charge in [-0.3, -0.25) is 4.79 Å². The van der Waals surface area contributed by atoms with E-state index >= 15 is 0 Å². The monoisotopic (exact) mass is 298 g/mol. The van der Waals surface area contributed by atoms with Gasteiger partial charge in [-0.15, -0.1) is 0 Å². The fourth-order valence-electron chi connectivity index (χ4n) is 1.38. The molecule has 0 bridgehead atoms. The maximum atomic E-state index is 13.2. The molecule has 0 amide bonds. The molecule has 0 atom stereocenters. The minimum atomic E-state index is -0.510. The molecule has 0 spiro atoms. The third-order valence-corrected chi connectivity index (χ3v) is 2.64. The van der Waals surface area contributed by atoms with E-state index in [0.29, 0.717) is 10.2 Å². The van der Waals surface area contributed by atoms with Crippen LogP contribution >= 0.6 is 15.9 Å². The Morgan fingerprint density at radius 3 is 2.71 bits per heavy atom. The summed E-state index contributed by atoms with van der Waals surface area (Å²) in [5.74, 6) is -0.620. The molecule has 5 heteroatoms. The second kappa shape index (κ2) is 4.71. The third kappa shape index (κ3) is 2.39. The minimum absolute atomic E-state index is 0.0291. The maximum absolute atomic E-state index is 13.2. The summed E-state index contributed by atoms with van der Waals surface area (Å²) in [6.45, 7) is 0. The molecule has 0 aliphatic carbocycles. The highest BCUT2D eigenvalue weighted by molar-refractivity contribution is 9.10. The van der Waals surface area contributed by atoms with Crippen LogP contribution < -0.4 is 4.74 Å². The molecule has 3 nitrogen and oxygen atoms in total. The molecule has 0 N–H and O–H groups in total. The van der Waals surface area contributed by atoms with E-state index in [1.165, 1.54) is 25.3 Å². The van der Waals surface area contributed by atoms with Crippen molar-refractivity contribution in [2.45, 2.75) is 0 Å². The van der Waals surface area contributed by atoms with E-state index < -0.39 is 5.82 Å². The predicted molar refractivity (Wildman–Crippen MR) is 62.8 cm³/mol. The van der Waals surface area contributed by atoms with Crippen molar-refractivity contribution in [1.82, 2.24) is 0 Å². The van der Waals surface area contributed by atoms with Gasteiger partial charge in [0.15, 0.2) is 22.0 Å². The molecule has 0 saturated heterocycles. The Morgan fingerprint density at radius 1 is 1.35 bits per heavy atom. The van der Waals surface area contributed by atoms with Gasteiger partial charge in [-0.1, -0.05) is 0 Å². The number of carbonyl (C=O) groups is 1. The molecule has 0 aliphatic rings. The summed E-state index contributed by atoms with van der Waals surface area (Å²) < 4.78 is 23.6. The Labute approximate surface area is 105 Å². The van der Waals surface area contributed by atoms with Crippen LogP contribution in [0, 0.1) is 5.82 Å². The van der Waals surface area contributed by atoms with E-state index in [0.717, 1.165) is 0 Å². The van der Waals surface area contributed by atoms with Crippen LogP contribution in [0.1, 0.15) is 16.1 Å². The number of benzene rings is 1. The van der Waals surface area contributed by atoms with Crippen molar-refractivity contribution in [3.05, 3.63) is 52.1 Å². The van der Waals surface area contributed by atoms with Crippen molar-refractivity contribution in [3.8, 4) is 5.75 Å². The van der Waals surface area contributed by atoms with Crippen LogP contribution in [0.25, 0.3) is 0 Å². The van der Waals surface area contributed by atoms with Crippen molar-refractivity contribution in [2.24, 2.45) is 0 Å². The van der Waals surface area contributed by atoms with Gasteiger partial charge in [0.05, 0.1) is 7.11 Å².